The van der Waals surface area contributed by atoms with Crippen LogP contribution in [0.3, 0.4) is 0 Å². The van der Waals surface area contributed by atoms with Crippen LogP contribution in [0.4, 0.5) is 0 Å². The average molecular weight is 468 g/mol. The molecule has 3 fully saturated rings. The minimum atomic E-state index is -0.764. The van der Waals surface area contributed by atoms with Crippen LogP contribution in [0, 0.1) is 23.2 Å². The van der Waals surface area contributed by atoms with Crippen LogP contribution >= 0.6 is 0 Å². The second kappa shape index (κ2) is 11.6. The number of carbonyl (C=O) groups excluding carboxylic acids is 3. The number of ether oxygens (including phenoxy) is 3. The molecular weight excluding hydrogens is 426 g/mol. The van der Waals surface area contributed by atoms with Gasteiger partial charge in [0.2, 0.25) is 0 Å². The number of hydrogen-bond donors (Lipinski definition) is 0. The van der Waals surface area contributed by atoms with Crippen LogP contribution in [0.2, 0.25) is 0 Å². The van der Waals surface area contributed by atoms with Crippen LogP contribution in [-0.2, 0) is 28.6 Å². The first kappa shape index (κ1) is 25.9. The first-order chi connectivity index (χ1) is 15.7. The second-order valence-corrected chi connectivity index (χ2v) is 10.3. The van der Waals surface area contributed by atoms with Gasteiger partial charge in [-0.25, -0.2) is 0 Å². The molecule has 0 bridgehead atoms. The molecule has 3 rings (SSSR count). The lowest BCUT2D eigenvalue weighted by Crippen LogP contribution is -2.41. The molecule has 3 saturated heterocycles. The summed E-state index contributed by atoms with van der Waals surface area (Å²) in [6, 6.07) is 0. The lowest BCUT2D eigenvalue weighted by molar-refractivity contribution is -0.167. The molecule has 9 heteroatoms. The van der Waals surface area contributed by atoms with Gasteiger partial charge in [-0.3, -0.25) is 29.1 Å². The highest BCUT2D eigenvalue weighted by Gasteiger charge is 2.37. The van der Waals surface area contributed by atoms with E-state index in [4.69, 9.17) is 14.2 Å². The lowest BCUT2D eigenvalue weighted by Gasteiger charge is -2.32. The Morgan fingerprint density at radius 1 is 0.636 bits per heavy atom. The molecule has 3 aliphatic rings. The summed E-state index contributed by atoms with van der Waals surface area (Å²) >= 11 is 0. The number of rotatable bonds is 16. The van der Waals surface area contributed by atoms with Gasteiger partial charge in [0, 0.05) is 58.9 Å². The molecule has 0 radical (unpaired) electrons. The third kappa shape index (κ3) is 8.87. The zero-order valence-corrected chi connectivity index (χ0v) is 20.7. The Labute approximate surface area is 197 Å². The largest absolute Gasteiger partial charge is 0.465 e. The van der Waals surface area contributed by atoms with Crippen LogP contribution in [-0.4, -0.2) is 111 Å². The Morgan fingerprint density at radius 2 is 0.909 bits per heavy atom. The Balaban J connectivity index is 1.55. The molecule has 0 amide bonds. The Hall–Kier alpha value is -1.71. The zero-order valence-electron chi connectivity index (χ0n) is 20.7. The van der Waals surface area contributed by atoms with Crippen molar-refractivity contribution < 1.29 is 28.6 Å². The molecule has 9 nitrogen and oxygen atoms in total. The summed E-state index contributed by atoms with van der Waals surface area (Å²) in [6.07, 6.45) is 0.544. The normalized spacial score (nSPS) is 21.1. The van der Waals surface area contributed by atoms with E-state index in [1.54, 1.807) is 0 Å². The molecule has 0 aromatic rings. The van der Waals surface area contributed by atoms with E-state index in [2.05, 4.69) is 14.7 Å². The molecule has 3 atom stereocenters. The maximum atomic E-state index is 12.5. The van der Waals surface area contributed by atoms with E-state index >= 15 is 0 Å². The third-order valence-corrected chi connectivity index (χ3v) is 6.73. The van der Waals surface area contributed by atoms with E-state index in [-0.39, 0.29) is 55.5 Å². The Kier molecular flexibility index (Phi) is 9.12. The van der Waals surface area contributed by atoms with Gasteiger partial charge in [0.25, 0.3) is 0 Å². The van der Waals surface area contributed by atoms with Crippen LogP contribution < -0.4 is 0 Å². The molecule has 3 aliphatic heterocycles. The van der Waals surface area contributed by atoms with Crippen LogP contribution in [0.15, 0.2) is 0 Å². The second-order valence-electron chi connectivity index (χ2n) is 10.3. The summed E-state index contributed by atoms with van der Waals surface area (Å²) in [6.45, 7) is 15.8. The standard InChI is InChI=1S/C24H41N3O6/c1-5-24(15-31-21(28)18(2)12-25-6-7-25,16-32-22(29)19(3)13-26-8-9-26)17-33-23(30)20(4)14-27-10-11-27/h18-20H,5-17H2,1-4H3/t18-,19-,20-/m1/s1. The van der Waals surface area contributed by atoms with Crippen LogP contribution in [0.25, 0.3) is 0 Å². The summed E-state index contributed by atoms with van der Waals surface area (Å²) in [7, 11) is 0. The topological polar surface area (TPSA) is 87.9 Å². The summed E-state index contributed by atoms with van der Waals surface area (Å²) < 4.78 is 17.0. The molecule has 33 heavy (non-hydrogen) atoms. The third-order valence-electron chi connectivity index (χ3n) is 6.73. The number of hydrogen-bond acceptors (Lipinski definition) is 9. The van der Waals surface area contributed by atoms with Crippen LogP contribution in [0.1, 0.15) is 34.1 Å². The monoisotopic (exact) mass is 467 g/mol. The minimum absolute atomic E-state index is 0.0498. The van der Waals surface area contributed by atoms with Crippen molar-refractivity contribution in [3.63, 3.8) is 0 Å². The van der Waals surface area contributed by atoms with E-state index in [0.717, 1.165) is 39.3 Å². The van der Waals surface area contributed by atoms with Crippen molar-refractivity contribution in [2.75, 3.05) is 78.7 Å². The molecule has 0 aromatic carbocycles. The quantitative estimate of drug-likeness (QED) is 0.186. The van der Waals surface area contributed by atoms with Gasteiger partial charge < -0.3 is 14.2 Å². The predicted molar refractivity (Wildman–Crippen MR) is 122 cm³/mol. The molecule has 3 heterocycles. The highest BCUT2D eigenvalue weighted by molar-refractivity contribution is 5.73. The van der Waals surface area contributed by atoms with Crippen molar-refractivity contribution in [1.82, 2.24) is 14.7 Å². The first-order valence-electron chi connectivity index (χ1n) is 12.4. The van der Waals surface area contributed by atoms with Crippen molar-refractivity contribution >= 4 is 17.9 Å². The average Bonchev–Trinajstić information content (AvgIpc) is 3.62. The highest BCUT2D eigenvalue weighted by Crippen LogP contribution is 2.26. The molecule has 0 unspecified atom stereocenters. The van der Waals surface area contributed by atoms with Crippen LogP contribution in [0.5, 0.6) is 0 Å². The van der Waals surface area contributed by atoms with E-state index in [0.29, 0.717) is 26.1 Å². The number of carbonyl (C=O) groups is 3. The fourth-order valence-corrected chi connectivity index (χ4v) is 3.68. The molecule has 0 N–H and O–H groups in total. The first-order valence-corrected chi connectivity index (χ1v) is 12.4. The van der Waals surface area contributed by atoms with Gasteiger partial charge in [-0.2, -0.15) is 0 Å². The maximum Gasteiger partial charge on any atom is 0.309 e. The zero-order chi connectivity index (χ0) is 24.0. The van der Waals surface area contributed by atoms with E-state index in [1.165, 1.54) is 0 Å². The van der Waals surface area contributed by atoms with Gasteiger partial charge in [-0.05, 0) is 6.42 Å². The lowest BCUT2D eigenvalue weighted by atomic mass is 9.87. The fourth-order valence-electron chi connectivity index (χ4n) is 3.68. The van der Waals surface area contributed by atoms with Gasteiger partial charge in [-0.1, -0.05) is 27.7 Å². The molecule has 0 spiro atoms. The molecule has 188 valence electrons. The van der Waals surface area contributed by atoms with E-state index in [9.17, 15) is 14.4 Å². The summed E-state index contributed by atoms with van der Waals surface area (Å²) in [4.78, 5) is 44.2. The van der Waals surface area contributed by atoms with Crippen molar-refractivity contribution in [1.29, 1.82) is 0 Å². The van der Waals surface area contributed by atoms with E-state index in [1.807, 2.05) is 27.7 Å². The smallest absolute Gasteiger partial charge is 0.309 e. The van der Waals surface area contributed by atoms with Gasteiger partial charge in [0.1, 0.15) is 19.8 Å². The SMILES string of the molecule is CCC(COC(=O)[C@H](C)CN1CC1)(COC(=O)[C@H](C)CN1CC1)COC(=O)[C@H](C)CN1CC1. The van der Waals surface area contributed by atoms with Gasteiger partial charge >= 0.3 is 17.9 Å². The summed E-state index contributed by atoms with van der Waals surface area (Å²) in [5.41, 5.74) is -0.764. The van der Waals surface area contributed by atoms with Gasteiger partial charge in [0.15, 0.2) is 0 Å². The Bertz CT molecular complexity index is 601. The molecule has 0 saturated carbocycles. The predicted octanol–water partition coefficient (Wildman–Crippen LogP) is 0.868. The molecule has 0 aliphatic carbocycles. The van der Waals surface area contributed by atoms with E-state index < -0.39 is 5.41 Å². The molecular formula is C24H41N3O6. The van der Waals surface area contributed by atoms with Gasteiger partial charge in [-0.15, -0.1) is 0 Å². The van der Waals surface area contributed by atoms with Crippen molar-refractivity contribution in [3.8, 4) is 0 Å². The number of nitrogens with zero attached hydrogens (tertiary/aromatic N) is 3. The fraction of sp³-hybridized carbons (Fsp3) is 0.875. The van der Waals surface area contributed by atoms with Gasteiger partial charge in [0.05, 0.1) is 23.2 Å². The highest BCUT2D eigenvalue weighted by atomic mass is 16.6. The summed E-state index contributed by atoms with van der Waals surface area (Å²) in [5, 5.41) is 0. The number of esters is 3. The minimum Gasteiger partial charge on any atom is -0.465 e. The van der Waals surface area contributed by atoms with Crippen molar-refractivity contribution in [2.45, 2.75) is 34.1 Å². The van der Waals surface area contributed by atoms with Crippen molar-refractivity contribution in [2.24, 2.45) is 23.2 Å². The molecule has 0 aromatic heterocycles. The Morgan fingerprint density at radius 3 is 1.12 bits per heavy atom. The maximum absolute atomic E-state index is 12.5. The van der Waals surface area contributed by atoms with Crippen molar-refractivity contribution in [3.05, 3.63) is 0 Å². The summed E-state index contributed by atoms with van der Waals surface area (Å²) in [5.74, 6) is -1.52.